The van der Waals surface area contributed by atoms with Crippen molar-refractivity contribution in [2.75, 3.05) is 5.73 Å². The molecule has 0 saturated carbocycles. The van der Waals surface area contributed by atoms with E-state index in [1.165, 1.54) is 0 Å². The SMILES string of the molecule is N#Cc1cccc(COC(=O)c2cc(Br)ccc2N)c1. The highest BCUT2D eigenvalue weighted by atomic mass is 79.9. The maximum atomic E-state index is 12.0. The minimum atomic E-state index is -0.494. The van der Waals surface area contributed by atoms with Gasteiger partial charge >= 0.3 is 5.97 Å². The van der Waals surface area contributed by atoms with E-state index in [1.807, 2.05) is 6.07 Å². The van der Waals surface area contributed by atoms with Crippen molar-refractivity contribution >= 4 is 27.6 Å². The number of nitrogens with zero attached hydrogens (tertiary/aromatic N) is 1. The summed E-state index contributed by atoms with van der Waals surface area (Å²) in [5.74, 6) is -0.494. The van der Waals surface area contributed by atoms with Gasteiger partial charge in [0.2, 0.25) is 0 Å². The predicted octanol–water partition coefficient (Wildman–Crippen LogP) is 3.26. The highest BCUT2D eigenvalue weighted by Crippen LogP contribution is 2.19. The lowest BCUT2D eigenvalue weighted by atomic mass is 10.1. The van der Waals surface area contributed by atoms with Gasteiger partial charge in [-0.1, -0.05) is 28.1 Å². The molecule has 2 aromatic rings. The number of rotatable bonds is 3. The van der Waals surface area contributed by atoms with Gasteiger partial charge in [-0.05, 0) is 35.9 Å². The zero-order valence-electron chi connectivity index (χ0n) is 10.5. The van der Waals surface area contributed by atoms with E-state index in [0.717, 1.165) is 10.0 Å². The van der Waals surface area contributed by atoms with Gasteiger partial charge in [0.1, 0.15) is 6.61 Å². The van der Waals surface area contributed by atoms with Gasteiger partial charge in [-0.2, -0.15) is 5.26 Å². The Morgan fingerprint density at radius 2 is 2.10 bits per heavy atom. The Hall–Kier alpha value is -2.32. The molecule has 4 nitrogen and oxygen atoms in total. The Kier molecular flexibility index (Phi) is 4.38. The van der Waals surface area contributed by atoms with Gasteiger partial charge in [-0.25, -0.2) is 4.79 Å². The van der Waals surface area contributed by atoms with Crippen molar-refractivity contribution in [2.24, 2.45) is 0 Å². The predicted molar refractivity (Wildman–Crippen MR) is 78.8 cm³/mol. The lowest BCUT2D eigenvalue weighted by molar-refractivity contribution is 0.0474. The molecule has 5 heteroatoms. The van der Waals surface area contributed by atoms with Crippen molar-refractivity contribution in [3.8, 4) is 6.07 Å². The zero-order valence-corrected chi connectivity index (χ0v) is 12.1. The van der Waals surface area contributed by atoms with Crippen molar-refractivity contribution in [3.63, 3.8) is 0 Å². The lowest BCUT2D eigenvalue weighted by Gasteiger charge is -2.07. The number of ether oxygens (including phenoxy) is 1. The van der Waals surface area contributed by atoms with E-state index in [4.69, 9.17) is 15.7 Å². The van der Waals surface area contributed by atoms with Gasteiger partial charge in [0.25, 0.3) is 0 Å². The maximum absolute atomic E-state index is 12.0. The summed E-state index contributed by atoms with van der Waals surface area (Å²) >= 11 is 3.28. The number of carbonyl (C=O) groups excluding carboxylic acids is 1. The average molecular weight is 331 g/mol. The number of halogens is 1. The van der Waals surface area contributed by atoms with Gasteiger partial charge in [0.05, 0.1) is 17.2 Å². The van der Waals surface area contributed by atoms with Crippen LogP contribution in [0, 0.1) is 11.3 Å². The molecule has 20 heavy (non-hydrogen) atoms. The van der Waals surface area contributed by atoms with Crippen LogP contribution < -0.4 is 5.73 Å². The number of nitriles is 1. The summed E-state index contributed by atoms with van der Waals surface area (Å²) in [7, 11) is 0. The lowest BCUT2D eigenvalue weighted by Crippen LogP contribution is -2.08. The quantitative estimate of drug-likeness (QED) is 0.692. The van der Waals surface area contributed by atoms with Gasteiger partial charge in [0.15, 0.2) is 0 Å². The first-order valence-corrected chi connectivity index (χ1v) is 6.60. The van der Waals surface area contributed by atoms with E-state index in [9.17, 15) is 4.79 Å². The minimum absolute atomic E-state index is 0.0975. The fraction of sp³-hybridized carbons (Fsp3) is 0.0667. The second-order valence-electron chi connectivity index (χ2n) is 4.12. The van der Waals surface area contributed by atoms with E-state index < -0.39 is 5.97 Å². The minimum Gasteiger partial charge on any atom is -0.457 e. The van der Waals surface area contributed by atoms with Gasteiger partial charge in [-0.3, -0.25) is 0 Å². The Bertz CT molecular complexity index is 693. The van der Waals surface area contributed by atoms with Crippen LogP contribution in [-0.4, -0.2) is 5.97 Å². The number of nitrogens with two attached hydrogens (primary N) is 1. The number of nitrogen functional groups attached to an aromatic ring is 1. The molecule has 0 heterocycles. The first-order chi connectivity index (χ1) is 9.60. The molecule has 0 aliphatic rings. The van der Waals surface area contributed by atoms with E-state index >= 15 is 0 Å². The van der Waals surface area contributed by atoms with Gasteiger partial charge < -0.3 is 10.5 Å². The molecule has 0 amide bonds. The van der Waals surface area contributed by atoms with Crippen molar-refractivity contribution < 1.29 is 9.53 Å². The van der Waals surface area contributed by atoms with Crippen LogP contribution in [0.5, 0.6) is 0 Å². The maximum Gasteiger partial charge on any atom is 0.340 e. The van der Waals surface area contributed by atoms with Crippen molar-refractivity contribution in [2.45, 2.75) is 6.61 Å². The van der Waals surface area contributed by atoms with Crippen molar-refractivity contribution in [3.05, 3.63) is 63.6 Å². The Morgan fingerprint density at radius 3 is 2.85 bits per heavy atom. The molecule has 0 fully saturated rings. The van der Waals surface area contributed by atoms with E-state index in [-0.39, 0.29) is 6.61 Å². The first-order valence-electron chi connectivity index (χ1n) is 5.81. The molecule has 0 unspecified atom stereocenters. The van der Waals surface area contributed by atoms with Crippen LogP contribution in [0.25, 0.3) is 0 Å². The second-order valence-corrected chi connectivity index (χ2v) is 5.04. The van der Waals surface area contributed by atoms with Crippen LogP contribution in [0.2, 0.25) is 0 Å². The Morgan fingerprint density at radius 1 is 1.30 bits per heavy atom. The third-order valence-corrected chi connectivity index (χ3v) is 3.15. The summed E-state index contributed by atoms with van der Waals surface area (Å²) in [4.78, 5) is 12.0. The fourth-order valence-corrected chi connectivity index (χ4v) is 2.02. The normalized spacial score (nSPS) is 9.80. The van der Waals surface area contributed by atoms with Crippen molar-refractivity contribution in [1.82, 2.24) is 0 Å². The summed E-state index contributed by atoms with van der Waals surface area (Å²) < 4.78 is 5.96. The Balaban J connectivity index is 2.09. The van der Waals surface area contributed by atoms with Crippen LogP contribution in [0.15, 0.2) is 46.9 Å². The summed E-state index contributed by atoms with van der Waals surface area (Å²) in [5.41, 5.74) is 7.70. The molecular formula is C15H11BrN2O2. The molecule has 0 aliphatic carbocycles. The zero-order chi connectivity index (χ0) is 14.5. The number of hydrogen-bond acceptors (Lipinski definition) is 4. The largest absolute Gasteiger partial charge is 0.457 e. The molecule has 0 radical (unpaired) electrons. The number of anilines is 1. The van der Waals surface area contributed by atoms with Crippen LogP contribution in [0.1, 0.15) is 21.5 Å². The second kappa shape index (κ2) is 6.22. The van der Waals surface area contributed by atoms with E-state index in [0.29, 0.717) is 16.8 Å². The fourth-order valence-electron chi connectivity index (χ4n) is 1.66. The monoisotopic (exact) mass is 330 g/mol. The molecule has 0 bridgehead atoms. The third kappa shape index (κ3) is 3.37. The molecule has 2 N–H and O–H groups in total. The molecule has 0 saturated heterocycles. The summed E-state index contributed by atoms with van der Waals surface area (Å²) in [5, 5.41) is 8.80. The molecule has 0 spiro atoms. The molecule has 100 valence electrons. The van der Waals surface area contributed by atoms with E-state index in [2.05, 4.69) is 15.9 Å². The van der Waals surface area contributed by atoms with Crippen LogP contribution in [0.3, 0.4) is 0 Å². The number of benzene rings is 2. The highest BCUT2D eigenvalue weighted by molar-refractivity contribution is 9.10. The average Bonchev–Trinajstić information content (AvgIpc) is 2.47. The molecule has 2 rings (SSSR count). The highest BCUT2D eigenvalue weighted by Gasteiger charge is 2.12. The standard InChI is InChI=1S/C15H11BrN2O2/c16-12-4-5-14(18)13(7-12)15(19)20-9-11-3-1-2-10(6-11)8-17/h1-7H,9,18H2. The van der Waals surface area contributed by atoms with E-state index in [1.54, 1.807) is 42.5 Å². The number of hydrogen-bond donors (Lipinski definition) is 1. The summed E-state index contributed by atoms with van der Waals surface area (Å²) in [6.45, 7) is 0.0975. The number of esters is 1. The number of carbonyl (C=O) groups is 1. The summed E-state index contributed by atoms with van der Waals surface area (Å²) in [6, 6.07) is 13.9. The van der Waals surface area contributed by atoms with Gasteiger partial charge in [-0.15, -0.1) is 0 Å². The molecule has 2 aromatic carbocycles. The van der Waals surface area contributed by atoms with Crippen LogP contribution in [0.4, 0.5) is 5.69 Å². The molecular weight excluding hydrogens is 320 g/mol. The Labute approximate surface area is 124 Å². The summed E-state index contributed by atoms with van der Waals surface area (Å²) in [6.07, 6.45) is 0. The molecule has 0 atom stereocenters. The third-order valence-electron chi connectivity index (χ3n) is 2.66. The molecule has 0 aromatic heterocycles. The topological polar surface area (TPSA) is 76.1 Å². The van der Waals surface area contributed by atoms with Crippen LogP contribution >= 0.6 is 15.9 Å². The van der Waals surface area contributed by atoms with Crippen molar-refractivity contribution in [1.29, 1.82) is 5.26 Å². The van der Waals surface area contributed by atoms with Crippen LogP contribution in [-0.2, 0) is 11.3 Å². The van der Waals surface area contributed by atoms with Gasteiger partial charge in [0, 0.05) is 10.2 Å². The smallest absolute Gasteiger partial charge is 0.340 e. The molecule has 0 aliphatic heterocycles. The first kappa shape index (κ1) is 14.1.